The molecular weight excluding hydrogens is 268 g/mol. The van der Waals surface area contributed by atoms with Crippen LogP contribution in [0.4, 0.5) is 0 Å². The SMILES string of the molecule is C#CC[C@@H](O)C=CC=C[C@@H]1C[C@@H]1[C@@H](O)CCCC(=O)OC. The molecule has 4 atom stereocenters. The van der Waals surface area contributed by atoms with Crippen molar-refractivity contribution >= 4 is 5.97 Å². The average Bonchev–Trinajstić information content (AvgIpc) is 3.23. The minimum Gasteiger partial charge on any atom is -0.469 e. The maximum atomic E-state index is 11.0. The van der Waals surface area contributed by atoms with Crippen LogP contribution in [0.5, 0.6) is 0 Å². The van der Waals surface area contributed by atoms with Gasteiger partial charge in [0.25, 0.3) is 0 Å². The standard InChI is InChI=1S/C17H24O4/c1-3-7-14(18)9-5-4-8-13-12-15(13)16(19)10-6-11-17(20)21-2/h1,4-5,8-9,13-16,18-19H,6-7,10-12H2,2H3/t13-,14-,15+,16+/m1/s1. The molecule has 4 nitrogen and oxygen atoms in total. The number of carbonyl (C=O) groups excluding carboxylic acids is 1. The Hall–Kier alpha value is -1.57. The van der Waals surface area contributed by atoms with Crippen molar-refractivity contribution in [3.05, 3.63) is 24.3 Å². The number of carbonyl (C=O) groups is 1. The van der Waals surface area contributed by atoms with Crippen LogP contribution in [0, 0.1) is 24.2 Å². The number of methoxy groups -OCH3 is 1. The molecule has 0 saturated heterocycles. The normalized spacial score (nSPS) is 23.9. The first-order valence-electron chi connectivity index (χ1n) is 7.30. The monoisotopic (exact) mass is 292 g/mol. The maximum Gasteiger partial charge on any atom is 0.305 e. The Balaban J connectivity index is 2.18. The number of aliphatic hydroxyl groups is 2. The number of esters is 1. The molecule has 0 bridgehead atoms. The van der Waals surface area contributed by atoms with Crippen LogP contribution in [0.2, 0.25) is 0 Å². The van der Waals surface area contributed by atoms with Crippen molar-refractivity contribution in [2.75, 3.05) is 7.11 Å². The van der Waals surface area contributed by atoms with Crippen LogP contribution in [0.1, 0.15) is 32.1 Å². The van der Waals surface area contributed by atoms with E-state index in [1.165, 1.54) is 7.11 Å². The summed E-state index contributed by atoms with van der Waals surface area (Å²) >= 11 is 0. The number of rotatable bonds is 9. The molecule has 1 aliphatic rings. The van der Waals surface area contributed by atoms with Crippen LogP contribution in [-0.4, -0.2) is 35.5 Å². The lowest BCUT2D eigenvalue weighted by atomic mass is 10.1. The molecule has 0 spiro atoms. The summed E-state index contributed by atoms with van der Waals surface area (Å²) in [4.78, 5) is 11.0. The molecule has 0 aromatic carbocycles. The lowest BCUT2D eigenvalue weighted by Gasteiger charge is -2.08. The molecular formula is C17H24O4. The summed E-state index contributed by atoms with van der Waals surface area (Å²) in [7, 11) is 1.37. The van der Waals surface area contributed by atoms with Gasteiger partial charge in [-0.25, -0.2) is 0 Å². The fraction of sp³-hybridized carbons (Fsp3) is 0.588. The van der Waals surface area contributed by atoms with Gasteiger partial charge in [0.1, 0.15) is 0 Å². The van der Waals surface area contributed by atoms with Crippen molar-refractivity contribution in [1.29, 1.82) is 0 Å². The molecule has 0 aromatic rings. The van der Waals surface area contributed by atoms with E-state index in [1.807, 2.05) is 12.2 Å². The number of aliphatic hydroxyl groups excluding tert-OH is 2. The Labute approximate surface area is 126 Å². The van der Waals surface area contributed by atoms with E-state index in [1.54, 1.807) is 12.2 Å². The zero-order chi connectivity index (χ0) is 15.7. The number of hydrogen-bond acceptors (Lipinski definition) is 4. The highest BCUT2D eigenvalue weighted by molar-refractivity contribution is 5.68. The van der Waals surface area contributed by atoms with Crippen LogP contribution in [-0.2, 0) is 9.53 Å². The number of ether oxygens (including phenoxy) is 1. The molecule has 0 unspecified atom stereocenters. The summed E-state index contributed by atoms with van der Waals surface area (Å²) in [5, 5.41) is 19.4. The van der Waals surface area contributed by atoms with Gasteiger partial charge in [0.15, 0.2) is 0 Å². The summed E-state index contributed by atoms with van der Waals surface area (Å²) in [5.41, 5.74) is 0. The molecule has 116 valence electrons. The minimum absolute atomic E-state index is 0.231. The first-order chi connectivity index (χ1) is 10.1. The molecule has 1 fully saturated rings. The highest BCUT2D eigenvalue weighted by atomic mass is 16.5. The van der Waals surface area contributed by atoms with Crippen molar-refractivity contribution in [3.8, 4) is 12.3 Å². The van der Waals surface area contributed by atoms with Gasteiger partial charge < -0.3 is 14.9 Å². The molecule has 0 amide bonds. The smallest absolute Gasteiger partial charge is 0.305 e. The first kappa shape index (κ1) is 17.5. The van der Waals surface area contributed by atoms with Crippen molar-refractivity contribution in [2.24, 2.45) is 11.8 Å². The van der Waals surface area contributed by atoms with E-state index in [0.29, 0.717) is 31.6 Å². The largest absolute Gasteiger partial charge is 0.469 e. The van der Waals surface area contributed by atoms with Crippen molar-refractivity contribution in [1.82, 2.24) is 0 Å². The fourth-order valence-corrected chi connectivity index (χ4v) is 2.26. The van der Waals surface area contributed by atoms with E-state index >= 15 is 0 Å². The maximum absolute atomic E-state index is 11.0. The molecule has 0 heterocycles. The van der Waals surface area contributed by atoms with Crippen LogP contribution in [0.3, 0.4) is 0 Å². The number of hydrogen-bond donors (Lipinski definition) is 2. The van der Waals surface area contributed by atoms with E-state index in [-0.39, 0.29) is 18.0 Å². The molecule has 21 heavy (non-hydrogen) atoms. The van der Waals surface area contributed by atoms with Gasteiger partial charge in [0.2, 0.25) is 0 Å². The van der Waals surface area contributed by atoms with Gasteiger partial charge >= 0.3 is 5.97 Å². The molecule has 1 aliphatic carbocycles. The zero-order valence-corrected chi connectivity index (χ0v) is 12.4. The number of allylic oxidation sites excluding steroid dienone is 3. The van der Waals surface area contributed by atoms with Gasteiger partial charge in [0, 0.05) is 12.8 Å². The topological polar surface area (TPSA) is 66.8 Å². The number of terminal acetylenes is 1. The quantitative estimate of drug-likeness (QED) is 0.386. The molecule has 2 N–H and O–H groups in total. The third-order valence-electron chi connectivity index (χ3n) is 3.62. The van der Waals surface area contributed by atoms with Gasteiger partial charge in [-0.15, -0.1) is 12.3 Å². The van der Waals surface area contributed by atoms with E-state index in [0.717, 1.165) is 6.42 Å². The Morgan fingerprint density at radius 2 is 2.24 bits per heavy atom. The highest BCUT2D eigenvalue weighted by Gasteiger charge is 2.39. The van der Waals surface area contributed by atoms with Crippen LogP contribution >= 0.6 is 0 Å². The predicted molar refractivity (Wildman–Crippen MR) is 81.2 cm³/mol. The van der Waals surface area contributed by atoms with Gasteiger partial charge in [-0.1, -0.05) is 24.3 Å². The minimum atomic E-state index is -0.599. The second kappa shape index (κ2) is 9.38. The Bertz CT molecular complexity index is 419. The van der Waals surface area contributed by atoms with Crippen LogP contribution < -0.4 is 0 Å². The fourth-order valence-electron chi connectivity index (χ4n) is 2.26. The van der Waals surface area contributed by atoms with E-state index in [9.17, 15) is 15.0 Å². The van der Waals surface area contributed by atoms with Crippen molar-refractivity contribution < 1.29 is 19.7 Å². The third-order valence-corrected chi connectivity index (χ3v) is 3.62. The predicted octanol–water partition coefficient (Wildman–Crippen LogP) is 1.82. The van der Waals surface area contributed by atoms with Gasteiger partial charge in [-0.2, -0.15) is 0 Å². The van der Waals surface area contributed by atoms with E-state index in [4.69, 9.17) is 6.42 Å². The van der Waals surface area contributed by atoms with Crippen LogP contribution in [0.25, 0.3) is 0 Å². The van der Waals surface area contributed by atoms with E-state index < -0.39 is 6.10 Å². The van der Waals surface area contributed by atoms with E-state index in [2.05, 4.69) is 10.7 Å². The molecule has 1 rings (SSSR count). The summed E-state index contributed by atoms with van der Waals surface area (Å²) in [5.74, 6) is 2.82. The Morgan fingerprint density at radius 3 is 2.90 bits per heavy atom. The zero-order valence-electron chi connectivity index (χ0n) is 12.4. The van der Waals surface area contributed by atoms with Crippen LogP contribution in [0.15, 0.2) is 24.3 Å². The summed E-state index contributed by atoms with van der Waals surface area (Å²) < 4.78 is 4.56. The lowest BCUT2D eigenvalue weighted by molar-refractivity contribution is -0.140. The first-order valence-corrected chi connectivity index (χ1v) is 7.30. The molecule has 0 radical (unpaired) electrons. The molecule has 0 aromatic heterocycles. The Kier molecular flexibility index (Phi) is 7.81. The van der Waals surface area contributed by atoms with Crippen molar-refractivity contribution in [3.63, 3.8) is 0 Å². The Morgan fingerprint density at radius 1 is 1.48 bits per heavy atom. The third kappa shape index (κ3) is 7.12. The van der Waals surface area contributed by atoms with Gasteiger partial charge in [-0.05, 0) is 31.1 Å². The molecule has 4 heteroatoms. The molecule has 1 saturated carbocycles. The average molecular weight is 292 g/mol. The van der Waals surface area contributed by atoms with Gasteiger partial charge in [0.05, 0.1) is 19.3 Å². The van der Waals surface area contributed by atoms with Gasteiger partial charge in [-0.3, -0.25) is 4.79 Å². The second-order valence-corrected chi connectivity index (χ2v) is 5.34. The molecule has 0 aliphatic heterocycles. The highest BCUT2D eigenvalue weighted by Crippen LogP contribution is 2.43. The summed E-state index contributed by atoms with van der Waals surface area (Å²) in [6.45, 7) is 0. The second-order valence-electron chi connectivity index (χ2n) is 5.34. The lowest BCUT2D eigenvalue weighted by Crippen LogP contribution is -2.11. The summed E-state index contributed by atoms with van der Waals surface area (Å²) in [6.07, 6.45) is 14.4. The summed E-state index contributed by atoms with van der Waals surface area (Å²) in [6, 6.07) is 0. The van der Waals surface area contributed by atoms with Crippen molar-refractivity contribution in [2.45, 2.75) is 44.3 Å².